The summed E-state index contributed by atoms with van der Waals surface area (Å²) in [7, 11) is 3.66. The first-order chi connectivity index (χ1) is 17.9. The van der Waals surface area contributed by atoms with Crippen molar-refractivity contribution in [1.29, 1.82) is 0 Å². The van der Waals surface area contributed by atoms with Crippen LogP contribution in [0.2, 0.25) is 0 Å². The van der Waals surface area contributed by atoms with Crippen molar-refractivity contribution in [3.8, 4) is 5.75 Å². The standard InChI is InChI=1S/C29H33N5O3/c1-19-23(17-33(2)31-19)18-34(13-12-22-16-30-27-15-24(37-3)7-9-25(22)27)28-10-6-21-14-20(4-8-26(21)28)5-11-29(35)32-36/h4-5,7-9,11,14-17,28,30,36H,6,10,12-13,18H2,1-3H3,(H,32,35)/b11-5+. The fourth-order valence-corrected chi connectivity index (χ4v) is 5.44. The van der Waals surface area contributed by atoms with Crippen LogP contribution in [0.15, 0.2) is 54.9 Å². The zero-order valence-corrected chi connectivity index (χ0v) is 21.5. The van der Waals surface area contributed by atoms with E-state index in [-0.39, 0.29) is 0 Å². The van der Waals surface area contributed by atoms with Gasteiger partial charge in [0.25, 0.3) is 5.91 Å². The minimum Gasteiger partial charge on any atom is -0.497 e. The van der Waals surface area contributed by atoms with Crippen molar-refractivity contribution in [1.82, 2.24) is 25.1 Å². The molecule has 0 fully saturated rings. The van der Waals surface area contributed by atoms with E-state index >= 15 is 0 Å². The highest BCUT2D eigenvalue weighted by Crippen LogP contribution is 2.38. The van der Waals surface area contributed by atoms with Crippen molar-refractivity contribution in [2.75, 3.05) is 13.7 Å². The Morgan fingerprint density at radius 3 is 2.92 bits per heavy atom. The van der Waals surface area contributed by atoms with Gasteiger partial charge in [-0.3, -0.25) is 19.6 Å². The minimum atomic E-state index is -0.535. The van der Waals surface area contributed by atoms with Crippen LogP contribution >= 0.6 is 0 Å². The van der Waals surface area contributed by atoms with Crippen molar-refractivity contribution in [3.05, 3.63) is 88.4 Å². The molecule has 8 heteroatoms. The molecule has 8 nitrogen and oxygen atoms in total. The van der Waals surface area contributed by atoms with Crippen LogP contribution in [0, 0.1) is 6.92 Å². The molecule has 4 aromatic rings. The van der Waals surface area contributed by atoms with Gasteiger partial charge in [0, 0.05) is 67.2 Å². The molecule has 0 saturated carbocycles. The number of methoxy groups -OCH3 is 1. The summed E-state index contributed by atoms with van der Waals surface area (Å²) in [6.07, 6.45) is 10.3. The SMILES string of the molecule is COc1ccc2c(CCN(Cc3cn(C)nc3C)C3CCc4cc(/C=C/C(=O)NO)ccc43)c[nH]c2c1. The molecule has 2 heterocycles. The van der Waals surface area contributed by atoms with Gasteiger partial charge in [0.05, 0.1) is 12.8 Å². The van der Waals surface area contributed by atoms with Crippen molar-refractivity contribution in [2.45, 2.75) is 38.8 Å². The molecule has 1 aliphatic carbocycles. The van der Waals surface area contributed by atoms with Gasteiger partial charge in [-0.25, -0.2) is 5.48 Å². The maximum Gasteiger partial charge on any atom is 0.267 e. The number of hydrogen-bond donors (Lipinski definition) is 3. The summed E-state index contributed by atoms with van der Waals surface area (Å²) >= 11 is 0. The number of rotatable bonds is 9. The molecule has 0 bridgehead atoms. The van der Waals surface area contributed by atoms with E-state index in [4.69, 9.17) is 9.94 Å². The van der Waals surface area contributed by atoms with Gasteiger partial charge in [-0.1, -0.05) is 18.2 Å². The Kier molecular flexibility index (Phi) is 7.12. The number of fused-ring (bicyclic) bond motifs is 2. The summed E-state index contributed by atoms with van der Waals surface area (Å²) in [5.41, 5.74) is 9.93. The van der Waals surface area contributed by atoms with Crippen LogP contribution in [0.5, 0.6) is 5.75 Å². The van der Waals surface area contributed by atoms with Crippen molar-refractivity contribution >= 4 is 22.9 Å². The molecule has 1 aliphatic rings. The minimum absolute atomic E-state index is 0.304. The number of carbonyl (C=O) groups is 1. The summed E-state index contributed by atoms with van der Waals surface area (Å²) in [5.74, 6) is 0.315. The lowest BCUT2D eigenvalue weighted by Crippen LogP contribution is -2.29. The predicted molar refractivity (Wildman–Crippen MR) is 143 cm³/mol. The molecule has 2 aromatic carbocycles. The van der Waals surface area contributed by atoms with Crippen molar-refractivity contribution in [3.63, 3.8) is 0 Å². The van der Waals surface area contributed by atoms with E-state index in [1.807, 2.05) is 29.9 Å². The smallest absolute Gasteiger partial charge is 0.267 e. The number of aromatic amines is 1. The monoisotopic (exact) mass is 499 g/mol. The molecular formula is C29H33N5O3. The molecule has 1 atom stereocenters. The third kappa shape index (κ3) is 5.30. The number of nitrogens with one attached hydrogen (secondary N) is 2. The second kappa shape index (κ2) is 10.6. The fraction of sp³-hybridized carbons (Fsp3) is 0.310. The van der Waals surface area contributed by atoms with E-state index < -0.39 is 5.91 Å². The zero-order chi connectivity index (χ0) is 25.9. The number of hydrogen-bond acceptors (Lipinski definition) is 5. The van der Waals surface area contributed by atoms with Crippen molar-refractivity contribution in [2.24, 2.45) is 7.05 Å². The Morgan fingerprint density at radius 1 is 1.30 bits per heavy atom. The normalized spacial score (nSPS) is 15.1. The topological polar surface area (TPSA) is 95.4 Å². The number of ether oxygens (including phenoxy) is 1. The zero-order valence-electron chi connectivity index (χ0n) is 21.5. The maximum absolute atomic E-state index is 11.4. The number of hydroxylamine groups is 1. The molecular weight excluding hydrogens is 466 g/mol. The maximum atomic E-state index is 11.4. The molecule has 1 unspecified atom stereocenters. The van der Waals surface area contributed by atoms with Gasteiger partial charge >= 0.3 is 0 Å². The van der Waals surface area contributed by atoms with Gasteiger partial charge in [0.1, 0.15) is 5.75 Å². The highest BCUT2D eigenvalue weighted by atomic mass is 16.5. The van der Waals surface area contributed by atoms with Gasteiger partial charge in [-0.2, -0.15) is 5.10 Å². The quantitative estimate of drug-likeness (QED) is 0.179. The van der Waals surface area contributed by atoms with Gasteiger partial charge in [0.15, 0.2) is 0 Å². The van der Waals surface area contributed by atoms with E-state index in [2.05, 4.69) is 52.5 Å². The van der Waals surface area contributed by atoms with Crippen LogP contribution in [0.4, 0.5) is 0 Å². The summed E-state index contributed by atoms with van der Waals surface area (Å²) < 4.78 is 7.27. The molecule has 0 saturated heterocycles. The van der Waals surface area contributed by atoms with Crippen LogP contribution in [0.3, 0.4) is 0 Å². The van der Waals surface area contributed by atoms with Gasteiger partial charge in [-0.15, -0.1) is 0 Å². The summed E-state index contributed by atoms with van der Waals surface area (Å²) in [5, 5.41) is 14.5. The third-order valence-electron chi connectivity index (χ3n) is 7.32. The first kappa shape index (κ1) is 24.8. The molecule has 0 aliphatic heterocycles. The van der Waals surface area contributed by atoms with E-state index in [1.165, 1.54) is 33.7 Å². The van der Waals surface area contributed by atoms with E-state index in [9.17, 15) is 4.79 Å². The molecule has 5 rings (SSSR count). The van der Waals surface area contributed by atoms with Crippen LogP contribution in [0.25, 0.3) is 17.0 Å². The highest BCUT2D eigenvalue weighted by Gasteiger charge is 2.29. The second-order valence-corrected chi connectivity index (χ2v) is 9.68. The number of aromatic nitrogens is 3. The van der Waals surface area contributed by atoms with Crippen LogP contribution in [-0.2, 0) is 31.2 Å². The second-order valence-electron chi connectivity index (χ2n) is 9.68. The molecule has 2 aromatic heterocycles. The predicted octanol–water partition coefficient (Wildman–Crippen LogP) is 4.47. The van der Waals surface area contributed by atoms with Crippen LogP contribution in [-0.4, -0.2) is 44.4 Å². The summed E-state index contributed by atoms with van der Waals surface area (Å²) in [4.78, 5) is 17.4. The van der Waals surface area contributed by atoms with Crippen LogP contribution < -0.4 is 10.2 Å². The van der Waals surface area contributed by atoms with Gasteiger partial charge in [-0.05, 0) is 66.6 Å². The lowest BCUT2D eigenvalue weighted by molar-refractivity contribution is -0.124. The Balaban J connectivity index is 1.40. The summed E-state index contributed by atoms with van der Waals surface area (Å²) in [6.45, 7) is 3.82. The molecule has 37 heavy (non-hydrogen) atoms. The van der Waals surface area contributed by atoms with Crippen LogP contribution in [0.1, 0.15) is 46.0 Å². The number of benzene rings is 2. The van der Waals surface area contributed by atoms with E-state index in [1.54, 1.807) is 18.7 Å². The number of amides is 1. The average molecular weight is 500 g/mol. The van der Waals surface area contributed by atoms with Gasteiger partial charge < -0.3 is 9.72 Å². The number of nitrogens with zero attached hydrogens (tertiary/aromatic N) is 3. The molecule has 0 spiro atoms. The third-order valence-corrected chi connectivity index (χ3v) is 7.32. The Hall–Kier alpha value is -3.88. The molecule has 0 radical (unpaired) electrons. The number of H-pyrrole nitrogens is 1. The van der Waals surface area contributed by atoms with Crippen molar-refractivity contribution < 1.29 is 14.7 Å². The first-order valence-corrected chi connectivity index (χ1v) is 12.6. The largest absolute Gasteiger partial charge is 0.497 e. The number of carbonyl (C=O) groups excluding carboxylic acids is 1. The Bertz CT molecular complexity index is 1450. The van der Waals surface area contributed by atoms with Gasteiger partial charge in [0.2, 0.25) is 0 Å². The molecule has 3 N–H and O–H groups in total. The molecule has 192 valence electrons. The summed E-state index contributed by atoms with van der Waals surface area (Å²) in [6, 6.07) is 12.9. The average Bonchev–Trinajstić information content (AvgIpc) is 3.60. The lowest BCUT2D eigenvalue weighted by Gasteiger charge is -2.29. The number of aryl methyl sites for hydroxylation is 3. The Morgan fingerprint density at radius 2 is 2.16 bits per heavy atom. The highest BCUT2D eigenvalue weighted by molar-refractivity contribution is 5.90. The Labute approximate surface area is 216 Å². The first-order valence-electron chi connectivity index (χ1n) is 12.6. The van der Waals surface area contributed by atoms with E-state index in [0.29, 0.717) is 6.04 Å². The molecule has 1 amide bonds. The fourth-order valence-electron chi connectivity index (χ4n) is 5.44. The van der Waals surface area contributed by atoms with E-state index in [0.717, 1.165) is 54.9 Å². The lowest BCUT2D eigenvalue weighted by atomic mass is 10.0.